The molecule has 1 N–H and O–H groups in total. The molecule has 1 atom stereocenters. The lowest BCUT2D eigenvalue weighted by molar-refractivity contribution is 0.0222. The molecule has 0 spiro atoms. The second kappa shape index (κ2) is 8.26. The van der Waals surface area contributed by atoms with Crippen LogP contribution >= 0.6 is 0 Å². The van der Waals surface area contributed by atoms with Crippen LogP contribution in [-0.4, -0.2) is 45.4 Å². The first-order valence-electron chi connectivity index (χ1n) is 9.96. The molecule has 0 unspecified atom stereocenters. The maximum Gasteiger partial charge on any atom is 0.253 e. The first-order chi connectivity index (χ1) is 13.0. The van der Waals surface area contributed by atoms with Gasteiger partial charge in [-0.1, -0.05) is 25.5 Å². The largest absolute Gasteiger partial charge is 0.396 e. The molecule has 1 aromatic heterocycles. The second-order valence-electron chi connectivity index (χ2n) is 8.02. The van der Waals surface area contributed by atoms with E-state index in [1.165, 1.54) is 0 Å². The summed E-state index contributed by atoms with van der Waals surface area (Å²) in [5, 5.41) is 14.4. The minimum Gasteiger partial charge on any atom is -0.396 e. The highest BCUT2D eigenvalue weighted by atomic mass is 16.3. The number of carbonyl (C=O) groups is 1. The summed E-state index contributed by atoms with van der Waals surface area (Å²) >= 11 is 0. The predicted octanol–water partition coefficient (Wildman–Crippen LogP) is 3.56. The topological polar surface area (TPSA) is 58.4 Å². The molecular weight excluding hydrogens is 338 g/mol. The Balaban J connectivity index is 1.76. The number of likely N-dealkylation sites (tertiary alicyclic amines) is 1. The van der Waals surface area contributed by atoms with Crippen molar-refractivity contribution in [2.45, 2.75) is 53.0 Å². The van der Waals surface area contributed by atoms with Gasteiger partial charge in [-0.05, 0) is 56.9 Å². The summed E-state index contributed by atoms with van der Waals surface area (Å²) in [4.78, 5) is 15.0. The molecule has 0 bridgehead atoms. The number of aliphatic hydroxyl groups excluding tert-OH is 1. The van der Waals surface area contributed by atoms with Crippen molar-refractivity contribution in [1.29, 1.82) is 0 Å². The first kappa shape index (κ1) is 19.6. The van der Waals surface area contributed by atoms with E-state index >= 15 is 0 Å². The number of aryl methyl sites for hydroxylation is 2. The van der Waals surface area contributed by atoms with Crippen LogP contribution in [0.25, 0.3) is 0 Å². The number of carbonyl (C=O) groups excluding carboxylic acids is 1. The zero-order valence-corrected chi connectivity index (χ0v) is 16.7. The van der Waals surface area contributed by atoms with Gasteiger partial charge in [0.15, 0.2) is 0 Å². The Morgan fingerprint density at radius 1 is 1.30 bits per heavy atom. The number of aromatic nitrogens is 2. The Hall–Kier alpha value is -2.14. The van der Waals surface area contributed by atoms with Crippen LogP contribution in [0.2, 0.25) is 0 Å². The first-order valence-corrected chi connectivity index (χ1v) is 9.96. The molecule has 2 aromatic rings. The van der Waals surface area contributed by atoms with E-state index in [9.17, 15) is 9.90 Å². The van der Waals surface area contributed by atoms with Crippen LogP contribution in [0, 0.1) is 19.3 Å². The Labute approximate surface area is 162 Å². The van der Waals surface area contributed by atoms with Crippen LogP contribution in [0.1, 0.15) is 59.9 Å². The van der Waals surface area contributed by atoms with Crippen LogP contribution in [0.4, 0.5) is 0 Å². The number of benzene rings is 1. The van der Waals surface area contributed by atoms with Gasteiger partial charge >= 0.3 is 0 Å². The van der Waals surface area contributed by atoms with E-state index in [0.29, 0.717) is 13.1 Å². The average Bonchev–Trinajstić information content (AvgIpc) is 2.98. The summed E-state index contributed by atoms with van der Waals surface area (Å²) in [5.74, 6) is 0.0684. The van der Waals surface area contributed by atoms with Gasteiger partial charge in [-0.25, -0.2) is 0 Å². The van der Waals surface area contributed by atoms with Gasteiger partial charge in [-0.3, -0.25) is 9.48 Å². The van der Waals surface area contributed by atoms with Gasteiger partial charge in [0.05, 0.1) is 18.8 Å². The van der Waals surface area contributed by atoms with Crippen molar-refractivity contribution in [1.82, 2.24) is 14.7 Å². The molecule has 5 nitrogen and oxygen atoms in total. The minimum absolute atomic E-state index is 0.0684. The van der Waals surface area contributed by atoms with Gasteiger partial charge in [-0.2, -0.15) is 5.10 Å². The van der Waals surface area contributed by atoms with Crippen LogP contribution in [0.3, 0.4) is 0 Å². The fourth-order valence-corrected chi connectivity index (χ4v) is 4.32. The highest BCUT2D eigenvalue weighted by Crippen LogP contribution is 2.34. The number of hydrogen-bond acceptors (Lipinski definition) is 3. The third kappa shape index (κ3) is 4.41. The molecule has 0 aliphatic carbocycles. The zero-order chi connectivity index (χ0) is 19.4. The zero-order valence-electron chi connectivity index (χ0n) is 16.7. The Morgan fingerprint density at radius 2 is 2.11 bits per heavy atom. The van der Waals surface area contributed by atoms with E-state index < -0.39 is 0 Å². The smallest absolute Gasteiger partial charge is 0.253 e. The van der Waals surface area contributed by atoms with Crippen molar-refractivity contribution in [3.8, 4) is 0 Å². The lowest BCUT2D eigenvalue weighted by Gasteiger charge is -2.42. The molecule has 1 saturated heterocycles. The second-order valence-corrected chi connectivity index (χ2v) is 8.02. The van der Waals surface area contributed by atoms with Crippen LogP contribution in [0.15, 0.2) is 30.3 Å². The Bertz CT molecular complexity index is 795. The summed E-state index contributed by atoms with van der Waals surface area (Å²) < 4.78 is 1.97. The molecule has 5 heteroatoms. The van der Waals surface area contributed by atoms with Crippen molar-refractivity contribution >= 4 is 5.91 Å². The average molecular weight is 370 g/mol. The summed E-state index contributed by atoms with van der Waals surface area (Å²) in [6.07, 6.45) is 3.95. The number of hydrogen-bond donors (Lipinski definition) is 1. The molecule has 146 valence electrons. The van der Waals surface area contributed by atoms with Crippen LogP contribution < -0.4 is 0 Å². The van der Waals surface area contributed by atoms with Gasteiger partial charge < -0.3 is 10.0 Å². The summed E-state index contributed by atoms with van der Waals surface area (Å²) in [6, 6.07) is 9.92. The fraction of sp³-hybridized carbons (Fsp3) is 0.545. The fourth-order valence-electron chi connectivity index (χ4n) is 4.32. The van der Waals surface area contributed by atoms with E-state index in [2.05, 4.69) is 18.1 Å². The number of aliphatic hydroxyl groups is 1. The van der Waals surface area contributed by atoms with Crippen molar-refractivity contribution < 1.29 is 9.90 Å². The standard InChI is InChI=1S/C22H31N3O2/c1-4-9-22(16-26)10-6-11-24(15-22)21(27)20-8-5-7-19(13-20)14-25-18(3)12-17(2)23-25/h5,7-8,12-13,26H,4,6,9-11,14-16H2,1-3H3/t22-/m1/s1. The van der Waals surface area contributed by atoms with Crippen LogP contribution in [-0.2, 0) is 6.54 Å². The van der Waals surface area contributed by atoms with E-state index in [1.807, 2.05) is 47.7 Å². The molecule has 1 aromatic carbocycles. The molecule has 1 aliphatic heterocycles. The summed E-state index contributed by atoms with van der Waals surface area (Å²) in [5.41, 5.74) is 3.78. The lowest BCUT2D eigenvalue weighted by Crippen LogP contribution is -2.47. The maximum absolute atomic E-state index is 13.1. The molecule has 0 saturated carbocycles. The van der Waals surface area contributed by atoms with E-state index in [-0.39, 0.29) is 17.9 Å². The van der Waals surface area contributed by atoms with Crippen LogP contribution in [0.5, 0.6) is 0 Å². The maximum atomic E-state index is 13.1. The van der Waals surface area contributed by atoms with Gasteiger partial charge in [0.2, 0.25) is 0 Å². The predicted molar refractivity (Wildman–Crippen MR) is 107 cm³/mol. The van der Waals surface area contributed by atoms with E-state index in [0.717, 1.165) is 54.7 Å². The lowest BCUT2D eigenvalue weighted by atomic mass is 9.77. The van der Waals surface area contributed by atoms with E-state index in [4.69, 9.17) is 0 Å². The van der Waals surface area contributed by atoms with Gasteiger partial charge in [0, 0.05) is 29.8 Å². The molecule has 3 rings (SSSR count). The summed E-state index contributed by atoms with van der Waals surface area (Å²) in [6.45, 7) is 8.42. The molecular formula is C22H31N3O2. The molecule has 1 fully saturated rings. The monoisotopic (exact) mass is 369 g/mol. The number of amides is 1. The molecule has 2 heterocycles. The minimum atomic E-state index is -0.135. The Morgan fingerprint density at radius 3 is 2.78 bits per heavy atom. The van der Waals surface area contributed by atoms with Crippen molar-refractivity contribution in [2.75, 3.05) is 19.7 Å². The van der Waals surface area contributed by atoms with Crippen molar-refractivity contribution in [3.05, 3.63) is 52.8 Å². The molecule has 0 radical (unpaired) electrons. The SMILES string of the molecule is CCC[C@@]1(CO)CCCN(C(=O)c2cccc(Cn3nc(C)cc3C)c2)C1. The normalized spacial score (nSPS) is 20.1. The third-order valence-electron chi connectivity index (χ3n) is 5.67. The van der Waals surface area contributed by atoms with Crippen molar-refractivity contribution in [3.63, 3.8) is 0 Å². The Kier molecular flexibility index (Phi) is 6.00. The number of nitrogens with zero attached hydrogens (tertiary/aromatic N) is 3. The third-order valence-corrected chi connectivity index (χ3v) is 5.67. The van der Waals surface area contributed by atoms with E-state index in [1.54, 1.807) is 0 Å². The summed E-state index contributed by atoms with van der Waals surface area (Å²) in [7, 11) is 0. The van der Waals surface area contributed by atoms with Gasteiger partial charge in [0.1, 0.15) is 0 Å². The molecule has 1 aliphatic rings. The molecule has 27 heavy (non-hydrogen) atoms. The highest BCUT2D eigenvalue weighted by Gasteiger charge is 2.36. The number of rotatable bonds is 6. The van der Waals surface area contributed by atoms with Gasteiger partial charge in [-0.15, -0.1) is 0 Å². The van der Waals surface area contributed by atoms with Crippen molar-refractivity contribution in [2.24, 2.45) is 5.41 Å². The highest BCUT2D eigenvalue weighted by molar-refractivity contribution is 5.94. The number of piperidine rings is 1. The quantitative estimate of drug-likeness (QED) is 0.847. The molecule has 1 amide bonds. The van der Waals surface area contributed by atoms with Gasteiger partial charge in [0.25, 0.3) is 5.91 Å².